The van der Waals surface area contributed by atoms with Gasteiger partial charge in [-0.2, -0.15) is 0 Å². The molecule has 2 aromatic heterocycles. The van der Waals surface area contributed by atoms with Crippen LogP contribution in [0, 0.1) is 0 Å². The van der Waals surface area contributed by atoms with Crippen LogP contribution in [0.5, 0.6) is 0 Å². The number of nitrogens with two attached hydrogens (primary N) is 1. The van der Waals surface area contributed by atoms with E-state index in [0.29, 0.717) is 16.5 Å². The molecule has 3 rings (SSSR count). The van der Waals surface area contributed by atoms with Crippen LogP contribution in [-0.4, -0.2) is 15.5 Å². The first-order chi connectivity index (χ1) is 10.6. The molecule has 0 fully saturated rings. The van der Waals surface area contributed by atoms with Gasteiger partial charge in [0.25, 0.3) is 5.91 Å². The number of amides is 1. The number of nitrogens with zero attached hydrogens (tertiary/aromatic N) is 2. The maximum atomic E-state index is 12.0. The molecule has 0 radical (unpaired) electrons. The third-order valence-corrected chi connectivity index (χ3v) is 3.23. The molecule has 0 saturated carbocycles. The van der Waals surface area contributed by atoms with E-state index in [1.165, 1.54) is 16.8 Å². The van der Waals surface area contributed by atoms with Gasteiger partial charge < -0.3 is 10.2 Å². The van der Waals surface area contributed by atoms with Gasteiger partial charge in [0.15, 0.2) is 0 Å². The minimum Gasteiger partial charge on any atom is -0.372 e. The van der Waals surface area contributed by atoms with Crippen LogP contribution in [0.25, 0.3) is 10.9 Å². The fourth-order valence-corrected chi connectivity index (χ4v) is 2.21. The van der Waals surface area contributed by atoms with Crippen molar-refractivity contribution in [2.75, 3.05) is 0 Å². The van der Waals surface area contributed by atoms with Crippen molar-refractivity contribution < 1.29 is 9.21 Å². The summed E-state index contributed by atoms with van der Waals surface area (Å²) in [4.78, 5) is 38.7. The minimum absolute atomic E-state index is 0.104. The van der Waals surface area contributed by atoms with Gasteiger partial charge in [-0.15, -0.1) is 0 Å². The second-order valence-electron chi connectivity index (χ2n) is 4.67. The number of primary amides is 1. The van der Waals surface area contributed by atoms with Gasteiger partial charge in [-0.3, -0.25) is 14.3 Å². The lowest BCUT2D eigenvalue weighted by Gasteiger charge is -2.08. The average Bonchev–Trinajstić information content (AvgIpc) is 2.52. The quantitative estimate of drug-likeness (QED) is 0.757. The standard InChI is InChI=1S/C15H11N3O4/c16-13(19)11-7-9(5-6-17-11)8-18-12-4-2-1-3-10(12)14(20)22-15(18)21/h1-7H,8H2,(H2,16,19). The van der Waals surface area contributed by atoms with Crippen molar-refractivity contribution in [3.63, 3.8) is 0 Å². The van der Waals surface area contributed by atoms with E-state index in [1.807, 2.05) is 0 Å². The molecule has 0 saturated heterocycles. The molecule has 2 N–H and O–H groups in total. The van der Waals surface area contributed by atoms with Crippen LogP contribution in [0.2, 0.25) is 0 Å². The Morgan fingerprint density at radius 1 is 1.23 bits per heavy atom. The van der Waals surface area contributed by atoms with Gasteiger partial charge in [0.1, 0.15) is 5.69 Å². The normalized spacial score (nSPS) is 10.7. The summed E-state index contributed by atoms with van der Waals surface area (Å²) in [5, 5.41) is 0.311. The second kappa shape index (κ2) is 5.28. The predicted molar refractivity (Wildman–Crippen MR) is 78.6 cm³/mol. The summed E-state index contributed by atoms with van der Waals surface area (Å²) in [6.45, 7) is 0.131. The molecule has 2 heterocycles. The highest BCUT2D eigenvalue weighted by Gasteiger charge is 2.10. The fraction of sp³-hybridized carbons (Fsp3) is 0.0667. The molecule has 0 aliphatic rings. The number of aromatic nitrogens is 2. The molecule has 110 valence electrons. The summed E-state index contributed by atoms with van der Waals surface area (Å²) in [5.74, 6) is -1.42. The monoisotopic (exact) mass is 297 g/mol. The molecule has 0 aliphatic heterocycles. The van der Waals surface area contributed by atoms with Crippen molar-refractivity contribution in [1.82, 2.24) is 9.55 Å². The molecule has 7 heteroatoms. The first-order valence-electron chi connectivity index (χ1n) is 6.43. The molecule has 1 amide bonds. The topological polar surface area (TPSA) is 108 Å². The zero-order chi connectivity index (χ0) is 15.7. The molecule has 7 nitrogen and oxygen atoms in total. The van der Waals surface area contributed by atoms with Crippen LogP contribution >= 0.6 is 0 Å². The Balaban J connectivity index is 2.16. The maximum absolute atomic E-state index is 12.0. The van der Waals surface area contributed by atoms with Crippen LogP contribution in [-0.2, 0) is 6.54 Å². The number of fused-ring (bicyclic) bond motifs is 1. The van der Waals surface area contributed by atoms with Gasteiger partial charge >= 0.3 is 11.4 Å². The Hall–Kier alpha value is -3.22. The Morgan fingerprint density at radius 3 is 2.77 bits per heavy atom. The Labute approximate surface area is 123 Å². The van der Waals surface area contributed by atoms with Crippen molar-refractivity contribution in [3.05, 3.63) is 74.8 Å². The van der Waals surface area contributed by atoms with E-state index in [1.54, 1.807) is 30.3 Å². The Kier molecular flexibility index (Phi) is 3.30. The molecule has 3 aromatic rings. The number of hydrogen-bond donors (Lipinski definition) is 1. The Morgan fingerprint density at radius 2 is 2.00 bits per heavy atom. The number of pyridine rings is 1. The van der Waals surface area contributed by atoms with Crippen LogP contribution in [0.1, 0.15) is 16.1 Å². The van der Waals surface area contributed by atoms with Crippen molar-refractivity contribution in [2.24, 2.45) is 5.73 Å². The van der Waals surface area contributed by atoms with Gasteiger partial charge in [-0.05, 0) is 29.8 Å². The fourth-order valence-electron chi connectivity index (χ4n) is 2.21. The highest BCUT2D eigenvalue weighted by Crippen LogP contribution is 2.10. The lowest BCUT2D eigenvalue weighted by molar-refractivity contribution is 0.0995. The number of carbonyl (C=O) groups is 1. The SMILES string of the molecule is NC(=O)c1cc(Cn2c(=O)oc(=O)c3ccccc32)ccn1. The average molecular weight is 297 g/mol. The summed E-state index contributed by atoms with van der Waals surface area (Å²) in [6.07, 6.45) is 1.43. The molecular weight excluding hydrogens is 286 g/mol. The lowest BCUT2D eigenvalue weighted by Crippen LogP contribution is -2.25. The van der Waals surface area contributed by atoms with E-state index in [-0.39, 0.29) is 12.2 Å². The van der Waals surface area contributed by atoms with E-state index in [0.717, 1.165) is 0 Å². The molecule has 22 heavy (non-hydrogen) atoms. The smallest absolute Gasteiger partial charge is 0.372 e. The third kappa shape index (κ3) is 2.39. The molecule has 1 aromatic carbocycles. The van der Waals surface area contributed by atoms with E-state index < -0.39 is 17.3 Å². The predicted octanol–water partition coefficient (Wildman–Crippen LogP) is 0.497. The van der Waals surface area contributed by atoms with E-state index in [2.05, 4.69) is 4.98 Å². The zero-order valence-corrected chi connectivity index (χ0v) is 11.4. The molecule has 0 bridgehead atoms. The number of hydrogen-bond acceptors (Lipinski definition) is 5. The van der Waals surface area contributed by atoms with Gasteiger partial charge in [-0.1, -0.05) is 12.1 Å². The van der Waals surface area contributed by atoms with Crippen LogP contribution in [0.15, 0.2) is 56.6 Å². The largest absolute Gasteiger partial charge is 0.422 e. The van der Waals surface area contributed by atoms with Gasteiger partial charge in [0.05, 0.1) is 17.4 Å². The van der Waals surface area contributed by atoms with E-state index >= 15 is 0 Å². The molecule has 0 atom stereocenters. The summed E-state index contributed by atoms with van der Waals surface area (Å²) in [5.41, 5.74) is 5.72. The summed E-state index contributed by atoms with van der Waals surface area (Å²) in [7, 11) is 0. The van der Waals surface area contributed by atoms with Crippen molar-refractivity contribution >= 4 is 16.8 Å². The highest BCUT2D eigenvalue weighted by atomic mass is 16.4. The van der Waals surface area contributed by atoms with Crippen molar-refractivity contribution in [1.29, 1.82) is 0 Å². The Bertz CT molecular complexity index is 988. The van der Waals surface area contributed by atoms with Crippen molar-refractivity contribution in [2.45, 2.75) is 6.54 Å². The molecule has 0 unspecified atom stereocenters. The van der Waals surface area contributed by atoms with Crippen molar-refractivity contribution in [3.8, 4) is 0 Å². The number of rotatable bonds is 3. The van der Waals surface area contributed by atoms with E-state index in [9.17, 15) is 14.4 Å². The van der Waals surface area contributed by atoms with Gasteiger partial charge in [0, 0.05) is 6.20 Å². The first-order valence-corrected chi connectivity index (χ1v) is 6.43. The minimum atomic E-state index is -0.763. The zero-order valence-electron chi connectivity index (χ0n) is 11.4. The third-order valence-electron chi connectivity index (χ3n) is 3.23. The summed E-state index contributed by atoms with van der Waals surface area (Å²) < 4.78 is 6.03. The number of carbonyl (C=O) groups excluding carboxylic acids is 1. The van der Waals surface area contributed by atoms with Crippen LogP contribution in [0.3, 0.4) is 0 Å². The molecule has 0 spiro atoms. The molecular formula is C15H11N3O4. The molecule has 0 aliphatic carbocycles. The van der Waals surface area contributed by atoms with Gasteiger partial charge in [-0.25, -0.2) is 9.59 Å². The van der Waals surface area contributed by atoms with E-state index in [4.69, 9.17) is 10.2 Å². The lowest BCUT2D eigenvalue weighted by atomic mass is 10.2. The first kappa shape index (κ1) is 13.7. The number of para-hydroxylation sites is 1. The van der Waals surface area contributed by atoms with Crippen LogP contribution in [0.4, 0.5) is 0 Å². The summed E-state index contributed by atoms with van der Waals surface area (Å²) >= 11 is 0. The second-order valence-corrected chi connectivity index (χ2v) is 4.67. The highest BCUT2D eigenvalue weighted by molar-refractivity contribution is 5.90. The van der Waals surface area contributed by atoms with Crippen LogP contribution < -0.4 is 17.1 Å². The summed E-state index contributed by atoms with van der Waals surface area (Å²) in [6, 6.07) is 9.79. The number of benzene rings is 1. The maximum Gasteiger partial charge on any atom is 0.422 e. The van der Waals surface area contributed by atoms with Gasteiger partial charge in [0.2, 0.25) is 0 Å².